The third-order valence-electron chi connectivity index (χ3n) is 3.70. The van der Waals surface area contributed by atoms with Crippen molar-refractivity contribution < 1.29 is 19.5 Å². The Labute approximate surface area is 118 Å². The Kier molecular flexibility index (Phi) is 5.79. The average Bonchev–Trinajstić information content (AvgIpc) is 2.88. The molecular formula is C13H23N3O4. The highest BCUT2D eigenvalue weighted by Gasteiger charge is 2.32. The Morgan fingerprint density at radius 2 is 1.85 bits per heavy atom. The van der Waals surface area contributed by atoms with Gasteiger partial charge in [0.1, 0.15) is 5.54 Å². The van der Waals surface area contributed by atoms with Gasteiger partial charge in [0.2, 0.25) is 5.91 Å². The number of nitrogens with one attached hydrogen (secondary N) is 3. The molecule has 1 atom stereocenters. The van der Waals surface area contributed by atoms with E-state index < -0.39 is 17.5 Å². The van der Waals surface area contributed by atoms with Crippen molar-refractivity contribution in [2.24, 2.45) is 0 Å². The van der Waals surface area contributed by atoms with Gasteiger partial charge in [-0.15, -0.1) is 0 Å². The van der Waals surface area contributed by atoms with Crippen LogP contribution in [0, 0.1) is 0 Å². The lowest BCUT2D eigenvalue weighted by Gasteiger charge is -2.24. The van der Waals surface area contributed by atoms with Crippen LogP contribution in [0.15, 0.2) is 0 Å². The molecule has 7 nitrogen and oxygen atoms in total. The predicted octanol–water partition coefficient (Wildman–Crippen LogP) is 0.598. The molecule has 1 aliphatic carbocycles. The summed E-state index contributed by atoms with van der Waals surface area (Å²) in [4.78, 5) is 34.2. The van der Waals surface area contributed by atoms with Crippen molar-refractivity contribution in [3.63, 3.8) is 0 Å². The summed E-state index contributed by atoms with van der Waals surface area (Å²) in [5, 5.41) is 16.6. The van der Waals surface area contributed by atoms with Crippen molar-refractivity contribution in [1.29, 1.82) is 0 Å². The number of rotatable bonds is 6. The van der Waals surface area contributed by atoms with E-state index in [4.69, 9.17) is 5.11 Å². The van der Waals surface area contributed by atoms with Crippen LogP contribution >= 0.6 is 0 Å². The summed E-state index contributed by atoms with van der Waals surface area (Å²) >= 11 is 0. The van der Waals surface area contributed by atoms with Gasteiger partial charge in [-0.3, -0.25) is 4.79 Å². The van der Waals surface area contributed by atoms with Gasteiger partial charge in [0.15, 0.2) is 0 Å². The van der Waals surface area contributed by atoms with Gasteiger partial charge in [0.25, 0.3) is 0 Å². The van der Waals surface area contributed by atoms with E-state index in [1.54, 1.807) is 6.92 Å². The van der Waals surface area contributed by atoms with Crippen molar-refractivity contribution in [3.8, 4) is 0 Å². The van der Waals surface area contributed by atoms with Gasteiger partial charge in [0, 0.05) is 6.04 Å². The number of carboxylic acid groups (broad SMARTS) is 1. The maximum Gasteiger partial charge on any atom is 0.329 e. The van der Waals surface area contributed by atoms with E-state index in [2.05, 4.69) is 16.0 Å². The van der Waals surface area contributed by atoms with E-state index in [1.807, 2.05) is 0 Å². The van der Waals surface area contributed by atoms with Crippen LogP contribution < -0.4 is 16.0 Å². The van der Waals surface area contributed by atoms with E-state index in [9.17, 15) is 14.4 Å². The molecule has 3 amide bonds. The third kappa shape index (κ3) is 4.71. The first-order chi connectivity index (χ1) is 9.37. The first-order valence-corrected chi connectivity index (χ1v) is 6.96. The molecule has 1 fully saturated rings. The number of hydrogen-bond donors (Lipinski definition) is 4. The molecule has 1 aliphatic rings. The van der Waals surface area contributed by atoms with Gasteiger partial charge < -0.3 is 21.1 Å². The molecule has 0 spiro atoms. The molecule has 0 aromatic carbocycles. The lowest BCUT2D eigenvalue weighted by molar-refractivity contribution is -0.143. The minimum atomic E-state index is -1.33. The van der Waals surface area contributed by atoms with Crippen LogP contribution in [-0.4, -0.2) is 41.1 Å². The van der Waals surface area contributed by atoms with Crippen LogP contribution in [0.25, 0.3) is 0 Å². The maximum atomic E-state index is 11.6. The number of carbonyl (C=O) groups is 3. The minimum Gasteiger partial charge on any atom is -0.480 e. The molecule has 0 heterocycles. The Balaban J connectivity index is 2.31. The maximum absolute atomic E-state index is 11.6. The Hall–Kier alpha value is -1.79. The fourth-order valence-corrected chi connectivity index (χ4v) is 2.10. The number of carboxylic acids is 1. The molecule has 1 unspecified atom stereocenters. The smallest absolute Gasteiger partial charge is 0.329 e. The predicted molar refractivity (Wildman–Crippen MR) is 73.3 cm³/mol. The van der Waals surface area contributed by atoms with E-state index in [1.165, 1.54) is 6.92 Å². The largest absolute Gasteiger partial charge is 0.480 e. The molecule has 0 radical (unpaired) electrons. The molecule has 1 rings (SSSR count). The fourth-order valence-electron chi connectivity index (χ4n) is 2.10. The summed E-state index contributed by atoms with van der Waals surface area (Å²) in [6, 6.07) is -0.453. The number of amides is 3. The number of urea groups is 1. The van der Waals surface area contributed by atoms with Crippen LogP contribution in [0.4, 0.5) is 4.79 Å². The topological polar surface area (TPSA) is 108 Å². The first-order valence-electron chi connectivity index (χ1n) is 6.96. The molecule has 20 heavy (non-hydrogen) atoms. The van der Waals surface area contributed by atoms with E-state index in [0.717, 1.165) is 25.7 Å². The second-order valence-electron chi connectivity index (χ2n) is 5.35. The normalized spacial score (nSPS) is 18.1. The standard InChI is InChI=1S/C13H23N3O4/c1-3-13(2,11(18)19)16-12(20)14-8-10(17)15-9-6-4-5-7-9/h9H,3-8H2,1-2H3,(H,15,17)(H,18,19)(H2,14,16,20). The Morgan fingerprint density at radius 3 is 2.35 bits per heavy atom. The molecule has 0 saturated heterocycles. The van der Waals surface area contributed by atoms with Gasteiger partial charge >= 0.3 is 12.0 Å². The van der Waals surface area contributed by atoms with Crippen LogP contribution in [-0.2, 0) is 9.59 Å². The van der Waals surface area contributed by atoms with Crippen molar-refractivity contribution in [2.45, 2.75) is 57.5 Å². The Morgan fingerprint density at radius 1 is 1.25 bits per heavy atom. The monoisotopic (exact) mass is 285 g/mol. The Bertz CT molecular complexity index is 380. The molecule has 0 aliphatic heterocycles. The molecule has 1 saturated carbocycles. The van der Waals surface area contributed by atoms with Gasteiger partial charge in [-0.2, -0.15) is 0 Å². The van der Waals surface area contributed by atoms with Crippen LogP contribution in [0.1, 0.15) is 46.0 Å². The zero-order valence-electron chi connectivity index (χ0n) is 12.0. The van der Waals surface area contributed by atoms with Crippen LogP contribution in [0.2, 0.25) is 0 Å². The zero-order valence-corrected chi connectivity index (χ0v) is 12.0. The lowest BCUT2D eigenvalue weighted by atomic mass is 10.00. The highest BCUT2D eigenvalue weighted by atomic mass is 16.4. The number of hydrogen-bond acceptors (Lipinski definition) is 3. The van der Waals surface area contributed by atoms with Crippen molar-refractivity contribution in [3.05, 3.63) is 0 Å². The summed E-state index contributed by atoms with van der Waals surface area (Å²) in [6.07, 6.45) is 4.44. The summed E-state index contributed by atoms with van der Waals surface area (Å²) in [6.45, 7) is 2.94. The van der Waals surface area contributed by atoms with Crippen LogP contribution in [0.5, 0.6) is 0 Å². The van der Waals surface area contributed by atoms with Gasteiger partial charge in [-0.1, -0.05) is 19.8 Å². The summed E-state index contributed by atoms with van der Waals surface area (Å²) in [5.74, 6) is -1.36. The third-order valence-corrected chi connectivity index (χ3v) is 3.70. The van der Waals surface area contributed by atoms with Gasteiger partial charge in [-0.25, -0.2) is 9.59 Å². The minimum absolute atomic E-state index is 0.151. The zero-order chi connectivity index (χ0) is 15.2. The quantitative estimate of drug-likeness (QED) is 0.573. The molecule has 7 heteroatoms. The average molecular weight is 285 g/mol. The number of carbonyl (C=O) groups excluding carboxylic acids is 2. The summed E-state index contributed by atoms with van der Waals surface area (Å²) in [5.41, 5.74) is -1.33. The second kappa shape index (κ2) is 7.12. The molecule has 0 aromatic rings. The molecule has 0 aromatic heterocycles. The van der Waals surface area contributed by atoms with Gasteiger partial charge in [0.05, 0.1) is 6.54 Å². The van der Waals surface area contributed by atoms with Gasteiger partial charge in [-0.05, 0) is 26.2 Å². The fraction of sp³-hybridized carbons (Fsp3) is 0.769. The SMILES string of the molecule is CCC(C)(NC(=O)NCC(=O)NC1CCCC1)C(=O)O. The van der Waals surface area contributed by atoms with E-state index >= 15 is 0 Å². The summed E-state index contributed by atoms with van der Waals surface area (Å²) in [7, 11) is 0. The van der Waals surface area contributed by atoms with E-state index in [0.29, 0.717) is 0 Å². The molecule has 114 valence electrons. The number of aliphatic carboxylic acids is 1. The van der Waals surface area contributed by atoms with Crippen molar-refractivity contribution in [1.82, 2.24) is 16.0 Å². The van der Waals surface area contributed by atoms with E-state index in [-0.39, 0.29) is 24.9 Å². The second-order valence-corrected chi connectivity index (χ2v) is 5.35. The first kappa shape index (κ1) is 16.3. The highest BCUT2D eigenvalue weighted by Crippen LogP contribution is 2.17. The lowest BCUT2D eigenvalue weighted by Crippen LogP contribution is -2.56. The summed E-state index contributed by atoms with van der Waals surface area (Å²) < 4.78 is 0. The molecule has 4 N–H and O–H groups in total. The molecule has 0 bridgehead atoms. The van der Waals surface area contributed by atoms with Crippen LogP contribution in [0.3, 0.4) is 0 Å². The highest BCUT2D eigenvalue weighted by molar-refractivity contribution is 5.88. The van der Waals surface area contributed by atoms with Crippen molar-refractivity contribution >= 4 is 17.9 Å². The molecular weight excluding hydrogens is 262 g/mol. The van der Waals surface area contributed by atoms with Crippen molar-refractivity contribution in [2.75, 3.05) is 6.54 Å².